The van der Waals surface area contributed by atoms with Gasteiger partial charge < -0.3 is 14.7 Å². The summed E-state index contributed by atoms with van der Waals surface area (Å²) in [4.78, 5) is 24.8. The van der Waals surface area contributed by atoms with Crippen LogP contribution in [0.2, 0.25) is 0 Å². The third-order valence-electron chi connectivity index (χ3n) is 3.20. The second kappa shape index (κ2) is 10.4. The van der Waals surface area contributed by atoms with Gasteiger partial charge in [0.2, 0.25) is 5.91 Å². The van der Waals surface area contributed by atoms with Gasteiger partial charge in [-0.15, -0.1) is 0 Å². The van der Waals surface area contributed by atoms with Crippen LogP contribution in [0, 0.1) is 0 Å². The fourth-order valence-electron chi connectivity index (χ4n) is 2.08. The largest absolute Gasteiger partial charge is 0.481 e. The van der Waals surface area contributed by atoms with E-state index in [1.165, 1.54) is 0 Å². The molecule has 0 unspecified atom stereocenters. The lowest BCUT2D eigenvalue weighted by atomic mass is 10.2. The zero-order chi connectivity index (χ0) is 17.2. The van der Waals surface area contributed by atoms with Crippen LogP contribution >= 0.6 is 15.9 Å². The van der Waals surface area contributed by atoms with Crippen molar-refractivity contribution in [1.82, 2.24) is 4.90 Å². The molecule has 0 aliphatic carbocycles. The lowest BCUT2D eigenvalue weighted by molar-refractivity contribution is -0.138. The fourth-order valence-corrected chi connectivity index (χ4v) is 2.53. The number of carbonyl (C=O) groups excluding carboxylic acids is 1. The molecule has 0 aliphatic rings. The molecule has 5 nitrogen and oxygen atoms in total. The van der Waals surface area contributed by atoms with Crippen molar-refractivity contribution in [3.8, 4) is 0 Å². The summed E-state index contributed by atoms with van der Waals surface area (Å²) in [6, 6.07) is 7.67. The molecule has 6 heteroatoms. The zero-order valence-electron chi connectivity index (χ0n) is 13.6. The van der Waals surface area contributed by atoms with E-state index < -0.39 is 5.97 Å². The number of nitrogens with zero attached hydrogens (tertiary/aromatic N) is 1. The van der Waals surface area contributed by atoms with Crippen LogP contribution < -0.4 is 0 Å². The number of carboxylic acid groups (broad SMARTS) is 1. The minimum Gasteiger partial charge on any atom is -0.481 e. The summed E-state index contributed by atoms with van der Waals surface area (Å²) in [5, 5.41) is 8.86. The van der Waals surface area contributed by atoms with Gasteiger partial charge in [0, 0.05) is 30.6 Å². The highest BCUT2D eigenvalue weighted by atomic mass is 79.9. The van der Waals surface area contributed by atoms with Crippen molar-refractivity contribution in [3.63, 3.8) is 0 Å². The highest BCUT2D eigenvalue weighted by Gasteiger charge is 2.15. The molecule has 0 aliphatic heterocycles. The van der Waals surface area contributed by atoms with Gasteiger partial charge in [0.25, 0.3) is 0 Å². The van der Waals surface area contributed by atoms with Gasteiger partial charge in [-0.3, -0.25) is 9.59 Å². The molecule has 0 radical (unpaired) electrons. The van der Waals surface area contributed by atoms with E-state index in [2.05, 4.69) is 15.9 Å². The van der Waals surface area contributed by atoms with Gasteiger partial charge in [-0.2, -0.15) is 0 Å². The number of halogens is 1. The number of carboxylic acids is 1. The molecule has 1 aromatic carbocycles. The Balaban J connectivity index is 2.59. The van der Waals surface area contributed by atoms with Gasteiger partial charge in [0.05, 0.1) is 12.5 Å². The van der Waals surface area contributed by atoms with E-state index in [1.54, 1.807) is 4.90 Å². The third-order valence-corrected chi connectivity index (χ3v) is 3.69. The Hall–Kier alpha value is -1.40. The van der Waals surface area contributed by atoms with Gasteiger partial charge in [-0.05, 0) is 38.0 Å². The highest BCUT2D eigenvalue weighted by Crippen LogP contribution is 2.14. The Morgan fingerprint density at radius 3 is 2.65 bits per heavy atom. The van der Waals surface area contributed by atoms with Crippen molar-refractivity contribution in [1.29, 1.82) is 0 Å². The topological polar surface area (TPSA) is 66.8 Å². The first-order valence-corrected chi connectivity index (χ1v) is 8.53. The van der Waals surface area contributed by atoms with Gasteiger partial charge >= 0.3 is 5.97 Å². The fraction of sp³-hybridized carbons (Fsp3) is 0.529. The Morgan fingerprint density at radius 1 is 1.30 bits per heavy atom. The molecule has 128 valence electrons. The van der Waals surface area contributed by atoms with Gasteiger partial charge in [0.15, 0.2) is 0 Å². The van der Waals surface area contributed by atoms with Crippen molar-refractivity contribution >= 4 is 27.8 Å². The number of carbonyl (C=O) groups is 2. The maximum absolute atomic E-state index is 12.4. The van der Waals surface area contributed by atoms with Crippen molar-refractivity contribution in [2.45, 2.75) is 45.8 Å². The van der Waals surface area contributed by atoms with E-state index >= 15 is 0 Å². The predicted octanol–water partition coefficient (Wildman–Crippen LogP) is 3.46. The van der Waals surface area contributed by atoms with Crippen LogP contribution in [-0.4, -0.2) is 41.1 Å². The highest BCUT2D eigenvalue weighted by molar-refractivity contribution is 9.10. The Labute approximate surface area is 145 Å². The first-order valence-electron chi connectivity index (χ1n) is 7.74. The minimum atomic E-state index is -0.903. The number of hydrogen-bond donors (Lipinski definition) is 1. The number of rotatable bonds is 10. The first-order chi connectivity index (χ1) is 10.9. The quantitative estimate of drug-likeness (QED) is 0.626. The number of hydrogen-bond acceptors (Lipinski definition) is 3. The van der Waals surface area contributed by atoms with E-state index in [-0.39, 0.29) is 25.0 Å². The van der Waals surface area contributed by atoms with E-state index in [9.17, 15) is 9.59 Å². The molecular weight excluding hydrogens is 362 g/mol. The van der Waals surface area contributed by atoms with E-state index in [0.717, 1.165) is 10.0 Å². The summed E-state index contributed by atoms with van der Waals surface area (Å²) in [5.41, 5.74) is 0.969. The molecule has 0 heterocycles. The number of ether oxygens (including phenoxy) is 1. The molecule has 0 atom stereocenters. The van der Waals surface area contributed by atoms with Crippen LogP contribution in [-0.2, 0) is 20.9 Å². The molecule has 1 amide bonds. The molecule has 23 heavy (non-hydrogen) atoms. The lowest BCUT2D eigenvalue weighted by Crippen LogP contribution is -2.32. The summed E-state index contributed by atoms with van der Waals surface area (Å²) < 4.78 is 6.37. The minimum absolute atomic E-state index is 0.0430. The van der Waals surface area contributed by atoms with E-state index in [4.69, 9.17) is 9.84 Å². The lowest BCUT2D eigenvalue weighted by Gasteiger charge is -2.22. The van der Waals surface area contributed by atoms with Crippen LogP contribution in [0.3, 0.4) is 0 Å². The molecule has 0 saturated heterocycles. The average Bonchev–Trinajstić information content (AvgIpc) is 2.47. The van der Waals surface area contributed by atoms with Crippen molar-refractivity contribution in [2.75, 3.05) is 13.2 Å². The number of aliphatic carboxylic acids is 1. The number of amides is 1. The summed E-state index contributed by atoms with van der Waals surface area (Å²) in [6.07, 6.45) is 1.09. The molecule has 0 aromatic heterocycles. The zero-order valence-corrected chi connectivity index (χ0v) is 15.2. The summed E-state index contributed by atoms with van der Waals surface area (Å²) in [5.74, 6) is -0.946. The van der Waals surface area contributed by atoms with Crippen molar-refractivity contribution < 1.29 is 19.4 Å². The Bertz CT molecular complexity index is 519. The maximum atomic E-state index is 12.4. The molecule has 0 fully saturated rings. The summed E-state index contributed by atoms with van der Waals surface area (Å²) in [7, 11) is 0. The Morgan fingerprint density at radius 2 is 2.04 bits per heavy atom. The molecular formula is C17H24BrNO4. The first kappa shape index (κ1) is 19.6. The van der Waals surface area contributed by atoms with Gasteiger partial charge in [-0.25, -0.2) is 0 Å². The van der Waals surface area contributed by atoms with Crippen LogP contribution in [0.4, 0.5) is 0 Å². The van der Waals surface area contributed by atoms with Crippen molar-refractivity contribution in [2.24, 2.45) is 0 Å². The van der Waals surface area contributed by atoms with Crippen LogP contribution in [0.25, 0.3) is 0 Å². The molecule has 1 rings (SSSR count). The van der Waals surface area contributed by atoms with Crippen molar-refractivity contribution in [3.05, 3.63) is 34.3 Å². The SMILES string of the molecule is CC(C)OCCCC(=O)N(CCC(=O)O)Cc1cccc(Br)c1. The third kappa shape index (κ3) is 8.71. The molecule has 0 bridgehead atoms. The molecule has 1 N–H and O–H groups in total. The number of benzene rings is 1. The predicted molar refractivity (Wildman–Crippen MR) is 92.1 cm³/mol. The van der Waals surface area contributed by atoms with Crippen LogP contribution in [0.1, 0.15) is 38.7 Å². The van der Waals surface area contributed by atoms with Crippen LogP contribution in [0.15, 0.2) is 28.7 Å². The van der Waals surface area contributed by atoms with Gasteiger partial charge in [-0.1, -0.05) is 28.1 Å². The smallest absolute Gasteiger partial charge is 0.305 e. The summed E-state index contributed by atoms with van der Waals surface area (Å²) in [6.45, 7) is 5.07. The molecule has 1 aromatic rings. The normalized spacial score (nSPS) is 10.8. The molecule has 0 saturated carbocycles. The standard InChI is InChI=1S/C17H24BrNO4/c1-13(2)23-10-4-7-16(20)19(9-8-17(21)22)12-14-5-3-6-15(18)11-14/h3,5-6,11,13H,4,7-10,12H2,1-2H3,(H,21,22). The average molecular weight is 386 g/mol. The molecule has 0 spiro atoms. The van der Waals surface area contributed by atoms with Gasteiger partial charge in [0.1, 0.15) is 0 Å². The van der Waals surface area contributed by atoms with E-state index in [0.29, 0.717) is 26.0 Å². The van der Waals surface area contributed by atoms with E-state index in [1.807, 2.05) is 38.1 Å². The Kier molecular flexibility index (Phi) is 8.87. The maximum Gasteiger partial charge on any atom is 0.305 e. The monoisotopic (exact) mass is 385 g/mol. The summed E-state index contributed by atoms with van der Waals surface area (Å²) >= 11 is 3.40. The van der Waals surface area contributed by atoms with Crippen LogP contribution in [0.5, 0.6) is 0 Å². The second-order valence-corrected chi connectivity index (χ2v) is 6.53. The second-order valence-electron chi connectivity index (χ2n) is 5.61.